The Morgan fingerprint density at radius 3 is 2.55 bits per heavy atom. The molecular weight excluding hydrogens is 474 g/mol. The highest BCUT2D eigenvalue weighted by atomic mass is 35.5. The van der Waals surface area contributed by atoms with Crippen LogP contribution in [0.5, 0.6) is 0 Å². The zero-order valence-electron chi connectivity index (χ0n) is 18.3. The van der Waals surface area contributed by atoms with Crippen molar-refractivity contribution in [2.75, 3.05) is 19.3 Å². The average molecular weight is 499 g/mol. The van der Waals surface area contributed by atoms with Crippen molar-refractivity contribution in [3.63, 3.8) is 0 Å². The summed E-state index contributed by atoms with van der Waals surface area (Å²) in [6.07, 6.45) is 3.82. The molecule has 170 valence electrons. The molecule has 5 rings (SSSR count). The van der Waals surface area contributed by atoms with E-state index in [0.29, 0.717) is 9.92 Å². The van der Waals surface area contributed by atoms with Crippen molar-refractivity contribution in [1.82, 2.24) is 14.7 Å². The lowest BCUT2D eigenvalue weighted by Gasteiger charge is -2.12. The summed E-state index contributed by atoms with van der Waals surface area (Å²) in [5.41, 5.74) is 3.79. The van der Waals surface area contributed by atoms with Crippen LogP contribution in [0.25, 0.3) is 26.7 Å². The SMILES string of the molecule is C[S+](=O)(O)c1cccc(-c2ccc(-c3cc(CN4CCCC4)nn3-c3ccccc3Cl)s2)c1. The molecule has 2 aromatic carbocycles. The van der Waals surface area contributed by atoms with Crippen molar-refractivity contribution >= 4 is 33.2 Å². The Balaban J connectivity index is 1.55. The number of nitrogens with zero attached hydrogens (tertiary/aromatic N) is 3. The number of thiophene rings is 1. The highest BCUT2D eigenvalue weighted by Crippen LogP contribution is 2.37. The maximum absolute atomic E-state index is 12.1. The lowest BCUT2D eigenvalue weighted by molar-refractivity contribution is 0.326. The number of aromatic nitrogens is 2. The van der Waals surface area contributed by atoms with Gasteiger partial charge >= 0.3 is 0 Å². The van der Waals surface area contributed by atoms with Crippen LogP contribution in [0.15, 0.2) is 71.6 Å². The number of hydrogen-bond acceptors (Lipinski definition) is 4. The molecule has 1 fully saturated rings. The second-order valence-electron chi connectivity index (χ2n) is 8.36. The van der Waals surface area contributed by atoms with Gasteiger partial charge in [0.2, 0.25) is 10.2 Å². The summed E-state index contributed by atoms with van der Waals surface area (Å²) >= 11 is 8.18. The topological polar surface area (TPSA) is 58.4 Å². The minimum Gasteiger partial charge on any atom is -0.297 e. The van der Waals surface area contributed by atoms with Crippen LogP contribution in [0.3, 0.4) is 0 Å². The molecule has 0 saturated carbocycles. The Morgan fingerprint density at radius 2 is 1.79 bits per heavy atom. The smallest absolute Gasteiger partial charge is 0.244 e. The zero-order valence-corrected chi connectivity index (χ0v) is 20.7. The van der Waals surface area contributed by atoms with Gasteiger partial charge in [-0.25, -0.2) is 4.68 Å². The monoisotopic (exact) mass is 498 g/mol. The largest absolute Gasteiger partial charge is 0.297 e. The van der Waals surface area contributed by atoms with Gasteiger partial charge in [-0.3, -0.25) is 4.90 Å². The molecule has 2 aromatic heterocycles. The summed E-state index contributed by atoms with van der Waals surface area (Å²) < 4.78 is 24.0. The summed E-state index contributed by atoms with van der Waals surface area (Å²) in [7, 11) is -3.01. The Hall–Kier alpha value is -2.29. The van der Waals surface area contributed by atoms with Gasteiger partial charge in [0.1, 0.15) is 6.26 Å². The zero-order chi connectivity index (χ0) is 23.0. The molecule has 0 amide bonds. The third-order valence-corrected chi connectivity index (χ3v) is 8.44. The van der Waals surface area contributed by atoms with Gasteiger partial charge in [0.25, 0.3) is 0 Å². The third kappa shape index (κ3) is 4.83. The quantitative estimate of drug-likeness (QED) is 0.309. The summed E-state index contributed by atoms with van der Waals surface area (Å²) in [4.78, 5) is 4.97. The van der Waals surface area contributed by atoms with E-state index in [2.05, 4.69) is 23.1 Å². The van der Waals surface area contributed by atoms with Crippen molar-refractivity contribution < 1.29 is 8.76 Å². The van der Waals surface area contributed by atoms with E-state index in [1.54, 1.807) is 23.5 Å². The highest BCUT2D eigenvalue weighted by Gasteiger charge is 2.22. The number of para-hydroxylation sites is 1. The second kappa shape index (κ2) is 9.16. The molecule has 1 atom stereocenters. The summed E-state index contributed by atoms with van der Waals surface area (Å²) in [6, 6.07) is 21.3. The summed E-state index contributed by atoms with van der Waals surface area (Å²) in [5.74, 6) is 0. The fourth-order valence-electron chi connectivity index (χ4n) is 4.18. The third-order valence-electron chi connectivity index (χ3n) is 5.84. The van der Waals surface area contributed by atoms with Gasteiger partial charge in [-0.15, -0.1) is 11.3 Å². The van der Waals surface area contributed by atoms with E-state index in [1.807, 2.05) is 41.1 Å². The molecule has 4 aromatic rings. The highest BCUT2D eigenvalue weighted by molar-refractivity contribution is 7.97. The molecule has 0 aliphatic carbocycles. The maximum atomic E-state index is 12.1. The van der Waals surface area contributed by atoms with Gasteiger partial charge in [0, 0.05) is 17.5 Å². The molecule has 33 heavy (non-hydrogen) atoms. The fourth-order valence-corrected chi connectivity index (χ4v) is 6.07. The number of benzene rings is 2. The first-order valence-corrected chi connectivity index (χ1v) is 14.0. The molecule has 8 heteroatoms. The molecule has 3 heterocycles. The van der Waals surface area contributed by atoms with Gasteiger partial charge in [0.05, 0.1) is 27.0 Å². The van der Waals surface area contributed by atoms with Crippen molar-refractivity contribution in [2.45, 2.75) is 24.3 Å². The maximum Gasteiger partial charge on any atom is 0.244 e. The molecule has 0 bridgehead atoms. The van der Waals surface area contributed by atoms with Crippen molar-refractivity contribution in [1.29, 1.82) is 0 Å². The van der Waals surface area contributed by atoms with Gasteiger partial charge in [-0.05, 0) is 67.9 Å². The average Bonchev–Trinajstić information content (AvgIpc) is 3.55. The number of halogens is 1. The predicted molar refractivity (Wildman–Crippen MR) is 137 cm³/mol. The van der Waals surface area contributed by atoms with Crippen LogP contribution >= 0.6 is 22.9 Å². The van der Waals surface area contributed by atoms with E-state index in [0.717, 1.165) is 52.0 Å². The Morgan fingerprint density at radius 1 is 1.03 bits per heavy atom. The van der Waals surface area contributed by atoms with Crippen LogP contribution < -0.4 is 0 Å². The minimum atomic E-state index is -3.01. The Labute approximate surface area is 203 Å². The molecule has 1 N–H and O–H groups in total. The molecule has 0 spiro atoms. The first-order valence-electron chi connectivity index (χ1n) is 10.9. The van der Waals surface area contributed by atoms with Gasteiger partial charge in [-0.2, -0.15) is 9.65 Å². The summed E-state index contributed by atoms with van der Waals surface area (Å²) in [5, 5.41) is 5.59. The molecule has 1 saturated heterocycles. The van der Waals surface area contributed by atoms with Gasteiger partial charge in [0.15, 0.2) is 4.90 Å². The van der Waals surface area contributed by atoms with E-state index in [9.17, 15) is 8.76 Å². The number of hydrogen-bond donors (Lipinski definition) is 1. The summed E-state index contributed by atoms with van der Waals surface area (Å²) in [6.45, 7) is 3.05. The van der Waals surface area contributed by atoms with E-state index in [1.165, 1.54) is 19.1 Å². The van der Waals surface area contributed by atoms with Crippen molar-refractivity contribution in [3.05, 3.63) is 77.4 Å². The standard InChI is InChI=1S/C25H24ClN3O2S2/c1-33(30,31)20-8-6-7-18(15-20)24-11-12-25(32-24)23-16-19(17-28-13-4-5-14-28)27-29(23)22-10-3-2-9-21(22)26/h2-3,6-12,15-16H,4-5,13-14,17H2,1H3/p+1. The molecule has 0 radical (unpaired) electrons. The van der Waals surface area contributed by atoms with Crippen LogP contribution in [0, 0.1) is 0 Å². The fraction of sp³-hybridized carbons (Fsp3) is 0.240. The minimum absolute atomic E-state index is 0.434. The normalized spacial score (nSPS) is 16.2. The number of likely N-dealkylation sites (tertiary alicyclic amines) is 1. The molecular formula is C25H25ClN3O2S2+. The Bertz CT molecular complexity index is 1330. The van der Waals surface area contributed by atoms with Gasteiger partial charge < -0.3 is 0 Å². The van der Waals surface area contributed by atoms with E-state index in [-0.39, 0.29) is 0 Å². The molecule has 1 aliphatic heterocycles. The molecule has 1 aliphatic rings. The Kier molecular flexibility index (Phi) is 6.24. The number of rotatable bonds is 6. The second-order valence-corrected chi connectivity index (χ2v) is 11.9. The lowest BCUT2D eigenvalue weighted by atomic mass is 10.2. The van der Waals surface area contributed by atoms with Crippen LogP contribution in [0.1, 0.15) is 18.5 Å². The first-order chi connectivity index (χ1) is 15.9. The van der Waals surface area contributed by atoms with Crippen LogP contribution in [-0.2, 0) is 21.0 Å². The molecule has 1 unspecified atom stereocenters. The van der Waals surface area contributed by atoms with E-state index < -0.39 is 10.2 Å². The van der Waals surface area contributed by atoms with Crippen LogP contribution in [-0.4, -0.2) is 38.6 Å². The van der Waals surface area contributed by atoms with Crippen molar-refractivity contribution in [2.24, 2.45) is 0 Å². The van der Waals surface area contributed by atoms with E-state index >= 15 is 0 Å². The van der Waals surface area contributed by atoms with Crippen LogP contribution in [0.2, 0.25) is 5.02 Å². The van der Waals surface area contributed by atoms with Gasteiger partial charge in [-0.1, -0.05) is 40.1 Å². The lowest BCUT2D eigenvalue weighted by Crippen LogP contribution is -2.18. The predicted octanol–water partition coefficient (Wildman–Crippen LogP) is 6.48. The van der Waals surface area contributed by atoms with E-state index in [4.69, 9.17) is 16.7 Å². The molecule has 5 nitrogen and oxygen atoms in total. The van der Waals surface area contributed by atoms with Crippen LogP contribution in [0.4, 0.5) is 0 Å². The van der Waals surface area contributed by atoms with Crippen molar-refractivity contribution in [3.8, 4) is 26.7 Å². The first kappa shape index (κ1) is 22.5.